The van der Waals surface area contributed by atoms with Gasteiger partial charge in [0.1, 0.15) is 40.5 Å². The lowest BCUT2D eigenvalue weighted by molar-refractivity contribution is 0.407. The molecule has 0 saturated heterocycles. The van der Waals surface area contributed by atoms with Crippen LogP contribution in [0.5, 0.6) is 5.75 Å². The SMILES string of the molecule is CC.COc1cc(F)c(-c2nc(C)n(C(N)=C(C)C)c2NC2CCCCC2)c(F)c1. The minimum absolute atomic E-state index is 0.125. The van der Waals surface area contributed by atoms with Gasteiger partial charge in [-0.25, -0.2) is 13.8 Å². The van der Waals surface area contributed by atoms with E-state index in [1.165, 1.54) is 25.7 Å². The summed E-state index contributed by atoms with van der Waals surface area (Å²) in [7, 11) is 1.37. The van der Waals surface area contributed by atoms with E-state index in [9.17, 15) is 8.78 Å². The van der Waals surface area contributed by atoms with E-state index >= 15 is 0 Å². The van der Waals surface area contributed by atoms with E-state index in [1.807, 2.05) is 27.7 Å². The second kappa shape index (κ2) is 10.5. The number of nitrogens with zero attached hydrogens (tertiary/aromatic N) is 2. The van der Waals surface area contributed by atoms with Gasteiger partial charge in [0.2, 0.25) is 0 Å². The van der Waals surface area contributed by atoms with Crippen LogP contribution in [-0.2, 0) is 0 Å². The fourth-order valence-electron chi connectivity index (χ4n) is 3.69. The van der Waals surface area contributed by atoms with Crippen molar-refractivity contribution in [1.82, 2.24) is 9.55 Å². The molecule has 30 heavy (non-hydrogen) atoms. The Labute approximate surface area is 178 Å². The van der Waals surface area contributed by atoms with Crippen LogP contribution >= 0.6 is 0 Å². The Morgan fingerprint density at radius 3 is 2.20 bits per heavy atom. The van der Waals surface area contributed by atoms with Crippen molar-refractivity contribution >= 4 is 11.6 Å². The number of imidazole rings is 1. The summed E-state index contributed by atoms with van der Waals surface area (Å²) in [6.07, 6.45) is 5.48. The van der Waals surface area contributed by atoms with Gasteiger partial charge < -0.3 is 15.8 Å². The molecule has 3 N–H and O–H groups in total. The third kappa shape index (κ3) is 4.94. The summed E-state index contributed by atoms with van der Waals surface area (Å²) in [5, 5.41) is 3.48. The Morgan fingerprint density at radius 2 is 1.70 bits per heavy atom. The van der Waals surface area contributed by atoms with Crippen LogP contribution in [0.2, 0.25) is 0 Å². The van der Waals surface area contributed by atoms with Crippen molar-refractivity contribution in [3.05, 3.63) is 35.2 Å². The highest BCUT2D eigenvalue weighted by Gasteiger charge is 2.26. The Kier molecular flexibility index (Phi) is 8.26. The second-order valence-electron chi connectivity index (χ2n) is 7.52. The molecule has 1 aromatic carbocycles. The van der Waals surface area contributed by atoms with E-state index in [0.29, 0.717) is 17.5 Å². The largest absolute Gasteiger partial charge is 0.497 e. The molecule has 1 heterocycles. The zero-order chi connectivity index (χ0) is 22.4. The average molecular weight is 421 g/mol. The van der Waals surface area contributed by atoms with E-state index in [-0.39, 0.29) is 23.0 Å². The molecule has 0 atom stereocenters. The standard InChI is InChI=1S/C21H28F2N4O.C2H6/c1-12(2)20(24)27-13(3)25-19(21(27)26-14-8-6-5-7-9-14)18-16(22)10-15(28-4)11-17(18)23;1-2/h10-11,14,26H,5-9,24H2,1-4H3;1-2H3. The molecule has 5 nitrogen and oxygen atoms in total. The van der Waals surface area contributed by atoms with Gasteiger partial charge in [-0.2, -0.15) is 0 Å². The first-order valence-corrected chi connectivity index (χ1v) is 10.7. The first-order valence-electron chi connectivity index (χ1n) is 10.7. The van der Waals surface area contributed by atoms with Crippen LogP contribution in [0.3, 0.4) is 0 Å². The topological polar surface area (TPSA) is 65.1 Å². The molecule has 0 amide bonds. The van der Waals surface area contributed by atoms with Gasteiger partial charge in [0.05, 0.1) is 12.7 Å². The predicted octanol–water partition coefficient (Wildman–Crippen LogP) is 6.08. The second-order valence-corrected chi connectivity index (χ2v) is 7.52. The molecule has 166 valence electrons. The van der Waals surface area contributed by atoms with Crippen LogP contribution < -0.4 is 15.8 Å². The first kappa shape index (κ1) is 23.7. The summed E-state index contributed by atoms with van der Waals surface area (Å²) in [4.78, 5) is 4.49. The predicted molar refractivity (Wildman–Crippen MR) is 119 cm³/mol. The van der Waals surface area contributed by atoms with E-state index in [2.05, 4.69) is 10.3 Å². The molecule has 7 heteroatoms. The number of allylic oxidation sites excluding steroid dienone is 1. The normalized spacial score (nSPS) is 14.0. The van der Waals surface area contributed by atoms with Crippen LogP contribution in [0.1, 0.15) is 65.6 Å². The highest BCUT2D eigenvalue weighted by Crippen LogP contribution is 2.37. The van der Waals surface area contributed by atoms with Gasteiger partial charge in [-0.1, -0.05) is 33.1 Å². The average Bonchev–Trinajstić information content (AvgIpc) is 3.04. The minimum Gasteiger partial charge on any atom is -0.497 e. The highest BCUT2D eigenvalue weighted by atomic mass is 19.1. The number of halogens is 2. The van der Waals surface area contributed by atoms with Gasteiger partial charge in [-0.15, -0.1) is 0 Å². The summed E-state index contributed by atoms with van der Waals surface area (Å²) in [5.41, 5.74) is 7.26. The lowest BCUT2D eigenvalue weighted by Crippen LogP contribution is -2.25. The molecule has 1 aromatic heterocycles. The fourth-order valence-corrected chi connectivity index (χ4v) is 3.69. The van der Waals surface area contributed by atoms with E-state index in [4.69, 9.17) is 10.5 Å². The molecule has 1 aliphatic rings. The monoisotopic (exact) mass is 420 g/mol. The molecule has 1 saturated carbocycles. The van der Waals surface area contributed by atoms with Crippen LogP contribution in [0.4, 0.5) is 14.6 Å². The minimum atomic E-state index is -0.719. The lowest BCUT2D eigenvalue weighted by Gasteiger charge is -2.25. The van der Waals surface area contributed by atoms with Crippen LogP contribution in [-0.4, -0.2) is 22.7 Å². The maximum atomic E-state index is 14.8. The number of aromatic nitrogens is 2. The third-order valence-electron chi connectivity index (χ3n) is 5.23. The molecular formula is C23H34F2N4O. The number of rotatable bonds is 5. The Morgan fingerprint density at radius 1 is 1.13 bits per heavy atom. The number of nitrogens with two attached hydrogens (primary N) is 1. The molecule has 1 fully saturated rings. The lowest BCUT2D eigenvalue weighted by atomic mass is 9.95. The van der Waals surface area contributed by atoms with Crippen LogP contribution in [0, 0.1) is 18.6 Å². The van der Waals surface area contributed by atoms with Crippen molar-refractivity contribution in [2.75, 3.05) is 12.4 Å². The number of anilines is 1. The molecule has 0 aliphatic heterocycles. The molecule has 0 spiro atoms. The van der Waals surface area contributed by atoms with Crippen LogP contribution in [0.15, 0.2) is 17.7 Å². The Hall–Kier alpha value is -2.57. The molecule has 0 bridgehead atoms. The smallest absolute Gasteiger partial charge is 0.140 e. The van der Waals surface area contributed by atoms with Crippen molar-refractivity contribution in [3.8, 4) is 17.0 Å². The Balaban J connectivity index is 0.00000155. The maximum Gasteiger partial charge on any atom is 0.140 e. The molecule has 2 aromatic rings. The van der Waals surface area contributed by atoms with Crippen molar-refractivity contribution < 1.29 is 13.5 Å². The van der Waals surface area contributed by atoms with Crippen molar-refractivity contribution in [1.29, 1.82) is 0 Å². The number of hydrogen-bond donors (Lipinski definition) is 2. The summed E-state index contributed by atoms with van der Waals surface area (Å²) in [6, 6.07) is 2.56. The van der Waals surface area contributed by atoms with Crippen molar-refractivity contribution in [2.24, 2.45) is 5.73 Å². The number of nitrogens with one attached hydrogen (secondary N) is 1. The van der Waals surface area contributed by atoms with E-state index in [0.717, 1.165) is 31.3 Å². The number of hydrogen-bond acceptors (Lipinski definition) is 4. The summed E-state index contributed by atoms with van der Waals surface area (Å²) in [6.45, 7) is 9.57. The van der Waals surface area contributed by atoms with Crippen LogP contribution in [0.25, 0.3) is 17.1 Å². The molecule has 0 unspecified atom stereocenters. The van der Waals surface area contributed by atoms with Gasteiger partial charge in [-0.3, -0.25) is 4.57 Å². The molecular weight excluding hydrogens is 386 g/mol. The van der Waals surface area contributed by atoms with Gasteiger partial charge in [0.15, 0.2) is 0 Å². The van der Waals surface area contributed by atoms with Gasteiger partial charge >= 0.3 is 0 Å². The quantitative estimate of drug-likeness (QED) is 0.615. The molecule has 1 aliphatic carbocycles. The highest BCUT2D eigenvalue weighted by molar-refractivity contribution is 5.77. The fraction of sp³-hybridized carbons (Fsp3) is 0.522. The summed E-state index contributed by atoms with van der Waals surface area (Å²) >= 11 is 0. The summed E-state index contributed by atoms with van der Waals surface area (Å²) < 4.78 is 36.3. The zero-order valence-corrected chi connectivity index (χ0v) is 18.9. The number of ether oxygens (including phenoxy) is 1. The number of benzene rings is 1. The molecule has 3 rings (SSSR count). The zero-order valence-electron chi connectivity index (χ0n) is 18.9. The van der Waals surface area contributed by atoms with Gasteiger partial charge in [-0.05, 0) is 39.2 Å². The Bertz CT molecular complexity index is 872. The number of aryl methyl sites for hydroxylation is 1. The molecule has 0 radical (unpaired) electrons. The van der Waals surface area contributed by atoms with E-state index < -0.39 is 11.6 Å². The van der Waals surface area contributed by atoms with Gasteiger partial charge in [0.25, 0.3) is 0 Å². The number of methoxy groups -OCH3 is 1. The van der Waals surface area contributed by atoms with Crippen molar-refractivity contribution in [2.45, 2.75) is 72.8 Å². The van der Waals surface area contributed by atoms with Crippen molar-refractivity contribution in [3.63, 3.8) is 0 Å². The third-order valence-corrected chi connectivity index (χ3v) is 5.23. The summed E-state index contributed by atoms with van der Waals surface area (Å²) in [5.74, 6) is 0.296. The maximum absolute atomic E-state index is 14.8. The van der Waals surface area contributed by atoms with E-state index in [1.54, 1.807) is 11.5 Å². The first-order chi connectivity index (χ1) is 14.3. The van der Waals surface area contributed by atoms with Gasteiger partial charge in [0, 0.05) is 18.2 Å².